The number of ether oxygens (including phenoxy) is 1. The molecule has 1 saturated heterocycles. The van der Waals surface area contributed by atoms with Crippen molar-refractivity contribution in [2.45, 2.75) is 17.7 Å². The number of rotatable bonds is 6. The summed E-state index contributed by atoms with van der Waals surface area (Å²) < 4.78 is 31.9. The summed E-state index contributed by atoms with van der Waals surface area (Å²) >= 11 is 0. The summed E-state index contributed by atoms with van der Waals surface area (Å²) in [4.78, 5) is 24.1. The fourth-order valence-corrected chi connectivity index (χ4v) is 4.97. The first-order chi connectivity index (χ1) is 14.4. The maximum atomic E-state index is 12.6. The number of fused-ring (bicyclic) bond motifs is 1. The van der Waals surface area contributed by atoms with Crippen LogP contribution in [0.4, 0.5) is 5.69 Å². The van der Waals surface area contributed by atoms with Crippen molar-refractivity contribution in [2.24, 2.45) is 0 Å². The maximum absolute atomic E-state index is 12.6. The Bertz CT molecular complexity index is 1060. The summed E-state index contributed by atoms with van der Waals surface area (Å²) in [6.07, 6.45) is 0.866. The molecule has 1 fully saturated rings. The van der Waals surface area contributed by atoms with Gasteiger partial charge >= 0.3 is 0 Å². The van der Waals surface area contributed by atoms with Gasteiger partial charge < -0.3 is 15.4 Å². The molecule has 2 aliphatic rings. The Kier molecular flexibility index (Phi) is 5.85. The van der Waals surface area contributed by atoms with E-state index in [1.165, 1.54) is 4.31 Å². The van der Waals surface area contributed by atoms with Gasteiger partial charge in [-0.3, -0.25) is 9.59 Å². The van der Waals surface area contributed by atoms with Crippen molar-refractivity contribution in [3.8, 4) is 0 Å². The summed E-state index contributed by atoms with van der Waals surface area (Å²) in [5, 5.41) is 5.60. The zero-order valence-corrected chi connectivity index (χ0v) is 17.2. The minimum Gasteiger partial charge on any atom is -0.379 e. The minimum absolute atomic E-state index is 0.0679. The van der Waals surface area contributed by atoms with E-state index in [9.17, 15) is 18.0 Å². The first-order valence-corrected chi connectivity index (χ1v) is 11.3. The summed E-state index contributed by atoms with van der Waals surface area (Å²) in [6, 6.07) is 11.9. The quantitative estimate of drug-likeness (QED) is 0.717. The second-order valence-corrected chi connectivity index (χ2v) is 9.20. The molecule has 0 radical (unpaired) electrons. The molecule has 158 valence electrons. The number of benzene rings is 2. The third-order valence-corrected chi connectivity index (χ3v) is 7.14. The van der Waals surface area contributed by atoms with Gasteiger partial charge in [-0.15, -0.1) is 0 Å². The highest BCUT2D eigenvalue weighted by molar-refractivity contribution is 7.89. The Morgan fingerprint density at radius 2 is 1.83 bits per heavy atom. The monoisotopic (exact) mass is 429 g/mol. The van der Waals surface area contributed by atoms with Gasteiger partial charge in [0.25, 0.3) is 5.91 Å². The number of nitrogens with one attached hydrogen (secondary N) is 2. The van der Waals surface area contributed by atoms with Crippen molar-refractivity contribution in [2.75, 3.05) is 38.2 Å². The molecule has 2 amide bonds. The van der Waals surface area contributed by atoms with E-state index in [-0.39, 0.29) is 23.1 Å². The van der Waals surface area contributed by atoms with E-state index in [2.05, 4.69) is 10.6 Å². The molecule has 0 aliphatic carbocycles. The molecular weight excluding hydrogens is 406 g/mol. The van der Waals surface area contributed by atoms with Crippen LogP contribution in [-0.2, 0) is 32.4 Å². The highest BCUT2D eigenvalue weighted by Crippen LogP contribution is 2.23. The summed E-state index contributed by atoms with van der Waals surface area (Å²) in [6.45, 7) is 1.97. The van der Waals surface area contributed by atoms with Crippen molar-refractivity contribution in [1.82, 2.24) is 9.62 Å². The predicted molar refractivity (Wildman–Crippen MR) is 111 cm³/mol. The Morgan fingerprint density at radius 3 is 2.57 bits per heavy atom. The van der Waals surface area contributed by atoms with E-state index in [4.69, 9.17) is 4.74 Å². The van der Waals surface area contributed by atoms with Gasteiger partial charge in [-0.1, -0.05) is 12.1 Å². The lowest BCUT2D eigenvalue weighted by Crippen LogP contribution is -2.40. The Labute approximate surface area is 175 Å². The molecular formula is C21H23N3O5S. The summed E-state index contributed by atoms with van der Waals surface area (Å²) in [5.74, 6) is -0.273. The third-order valence-electron chi connectivity index (χ3n) is 5.22. The molecule has 2 aromatic rings. The van der Waals surface area contributed by atoms with Gasteiger partial charge in [0, 0.05) is 30.9 Å². The molecule has 0 unspecified atom stereocenters. The molecule has 30 heavy (non-hydrogen) atoms. The van der Waals surface area contributed by atoms with E-state index >= 15 is 0 Å². The number of carbonyl (C=O) groups excluding carboxylic acids is 2. The number of anilines is 1. The molecule has 0 spiro atoms. The van der Waals surface area contributed by atoms with Crippen LogP contribution in [0.15, 0.2) is 47.4 Å². The molecule has 2 aliphatic heterocycles. The Hall–Kier alpha value is -2.75. The molecule has 0 atom stereocenters. The number of sulfonamides is 1. The first kappa shape index (κ1) is 20.5. The fourth-order valence-electron chi connectivity index (χ4n) is 3.56. The predicted octanol–water partition coefficient (Wildman–Crippen LogP) is 1.17. The van der Waals surface area contributed by atoms with Crippen LogP contribution in [0.2, 0.25) is 0 Å². The average Bonchev–Trinajstić information content (AvgIpc) is 3.14. The molecule has 4 rings (SSSR count). The fraction of sp³-hybridized carbons (Fsp3) is 0.333. The molecule has 2 heterocycles. The van der Waals surface area contributed by atoms with E-state index in [1.807, 2.05) is 0 Å². The van der Waals surface area contributed by atoms with Crippen LogP contribution in [0.5, 0.6) is 0 Å². The van der Waals surface area contributed by atoms with E-state index < -0.39 is 10.0 Å². The van der Waals surface area contributed by atoms with Crippen LogP contribution < -0.4 is 10.6 Å². The van der Waals surface area contributed by atoms with Crippen LogP contribution >= 0.6 is 0 Å². The third kappa shape index (κ3) is 4.38. The van der Waals surface area contributed by atoms with Crippen molar-refractivity contribution < 1.29 is 22.7 Å². The lowest BCUT2D eigenvalue weighted by Gasteiger charge is -2.26. The smallest absolute Gasteiger partial charge is 0.251 e. The maximum Gasteiger partial charge on any atom is 0.251 e. The van der Waals surface area contributed by atoms with Gasteiger partial charge in [0.2, 0.25) is 15.9 Å². The van der Waals surface area contributed by atoms with Crippen LogP contribution in [0, 0.1) is 0 Å². The number of hydrogen-bond acceptors (Lipinski definition) is 5. The summed E-state index contributed by atoms with van der Waals surface area (Å²) in [7, 11) is -3.50. The minimum atomic E-state index is -3.50. The number of hydrogen-bond donors (Lipinski definition) is 2. The zero-order valence-electron chi connectivity index (χ0n) is 16.4. The van der Waals surface area contributed by atoms with Crippen molar-refractivity contribution in [1.29, 1.82) is 0 Å². The standard InChI is InChI=1S/C21H23N3O5S/c25-20-14-17-13-16(3-6-19(17)23-20)21(26)22-8-7-15-1-4-18(5-2-15)30(27,28)24-9-11-29-12-10-24/h1-6,13H,7-12,14H2,(H,22,26)(H,23,25). The Balaban J connectivity index is 1.32. The van der Waals surface area contributed by atoms with Gasteiger partial charge in [-0.2, -0.15) is 4.31 Å². The normalized spacial score (nSPS) is 16.7. The van der Waals surface area contributed by atoms with Gasteiger partial charge in [0.1, 0.15) is 0 Å². The van der Waals surface area contributed by atoms with E-state index in [0.717, 1.165) is 16.8 Å². The summed E-state index contributed by atoms with van der Waals surface area (Å²) in [5.41, 5.74) is 3.02. The highest BCUT2D eigenvalue weighted by atomic mass is 32.2. The van der Waals surface area contributed by atoms with E-state index in [1.54, 1.807) is 42.5 Å². The second kappa shape index (κ2) is 8.55. The van der Waals surface area contributed by atoms with Gasteiger partial charge in [0.15, 0.2) is 0 Å². The van der Waals surface area contributed by atoms with Crippen LogP contribution in [-0.4, -0.2) is 57.4 Å². The molecule has 0 aromatic heterocycles. The number of nitrogens with zero attached hydrogens (tertiary/aromatic N) is 1. The van der Waals surface area contributed by atoms with Gasteiger partial charge in [-0.05, 0) is 47.9 Å². The molecule has 2 N–H and O–H groups in total. The van der Waals surface area contributed by atoms with Crippen LogP contribution in [0.25, 0.3) is 0 Å². The van der Waals surface area contributed by atoms with E-state index in [0.29, 0.717) is 44.8 Å². The van der Waals surface area contributed by atoms with Crippen molar-refractivity contribution in [3.63, 3.8) is 0 Å². The number of morpholine rings is 1. The number of carbonyl (C=O) groups is 2. The van der Waals surface area contributed by atoms with Gasteiger partial charge in [-0.25, -0.2) is 8.42 Å². The van der Waals surface area contributed by atoms with Crippen molar-refractivity contribution >= 4 is 27.5 Å². The molecule has 8 nitrogen and oxygen atoms in total. The van der Waals surface area contributed by atoms with Gasteiger partial charge in [0.05, 0.1) is 24.5 Å². The largest absolute Gasteiger partial charge is 0.379 e. The zero-order chi connectivity index (χ0) is 21.1. The lowest BCUT2D eigenvalue weighted by atomic mass is 10.1. The molecule has 0 bridgehead atoms. The second-order valence-electron chi connectivity index (χ2n) is 7.26. The van der Waals surface area contributed by atoms with Crippen LogP contribution in [0.1, 0.15) is 21.5 Å². The lowest BCUT2D eigenvalue weighted by molar-refractivity contribution is -0.115. The number of amides is 2. The SMILES string of the molecule is O=C1Cc2cc(C(=O)NCCc3ccc(S(=O)(=O)N4CCOCC4)cc3)ccc2N1. The van der Waals surface area contributed by atoms with Crippen molar-refractivity contribution in [3.05, 3.63) is 59.2 Å². The molecule has 2 aromatic carbocycles. The van der Waals surface area contributed by atoms with Crippen LogP contribution in [0.3, 0.4) is 0 Å². The Morgan fingerprint density at radius 1 is 1.10 bits per heavy atom. The first-order valence-electron chi connectivity index (χ1n) is 9.81. The molecule has 9 heteroatoms. The highest BCUT2D eigenvalue weighted by Gasteiger charge is 2.26. The topological polar surface area (TPSA) is 105 Å². The molecule has 0 saturated carbocycles. The average molecular weight is 429 g/mol.